The van der Waals surface area contributed by atoms with Crippen molar-refractivity contribution in [1.29, 1.82) is 0 Å². The summed E-state index contributed by atoms with van der Waals surface area (Å²) in [4.78, 5) is 0. The predicted molar refractivity (Wildman–Crippen MR) is 66.6 cm³/mol. The van der Waals surface area contributed by atoms with Gasteiger partial charge in [-0.2, -0.15) is 5.10 Å². The molecule has 0 radical (unpaired) electrons. The monoisotopic (exact) mass is 214 g/mol. The van der Waals surface area contributed by atoms with Gasteiger partial charge in [-0.1, -0.05) is 25.3 Å². The van der Waals surface area contributed by atoms with Gasteiger partial charge in [0.2, 0.25) is 0 Å². The van der Waals surface area contributed by atoms with E-state index in [0.717, 1.165) is 0 Å². The summed E-state index contributed by atoms with van der Waals surface area (Å²) in [6.45, 7) is 0. The molecular weight excluding hydrogens is 196 g/mol. The Kier molecular flexibility index (Phi) is 2.65. The summed E-state index contributed by atoms with van der Waals surface area (Å²) >= 11 is 0. The van der Waals surface area contributed by atoms with E-state index < -0.39 is 0 Å². The van der Waals surface area contributed by atoms with Gasteiger partial charge in [-0.3, -0.25) is 5.10 Å². The van der Waals surface area contributed by atoms with Gasteiger partial charge >= 0.3 is 0 Å². The van der Waals surface area contributed by atoms with Crippen LogP contribution in [-0.4, -0.2) is 10.2 Å². The zero-order valence-corrected chi connectivity index (χ0v) is 9.63. The van der Waals surface area contributed by atoms with Crippen LogP contribution < -0.4 is 0 Å². The van der Waals surface area contributed by atoms with Crippen molar-refractivity contribution >= 4 is 10.9 Å². The van der Waals surface area contributed by atoms with Gasteiger partial charge in [-0.05, 0) is 42.9 Å². The van der Waals surface area contributed by atoms with Crippen LogP contribution in [0, 0.1) is 0 Å². The standard InChI is InChI=1S/C14H18N2/c1-2-4-6-11-8-9-14-13(10-15-16-14)12(11)7-5-3-1/h8-10H,1-7H2,(H,15,16). The Labute approximate surface area is 96.1 Å². The highest BCUT2D eigenvalue weighted by atomic mass is 15.1. The predicted octanol–water partition coefficient (Wildman–Crippen LogP) is 3.61. The molecule has 84 valence electrons. The largest absolute Gasteiger partial charge is 0.278 e. The Morgan fingerprint density at radius 2 is 1.75 bits per heavy atom. The number of rotatable bonds is 0. The molecule has 3 rings (SSSR count). The fourth-order valence-corrected chi connectivity index (χ4v) is 2.80. The van der Waals surface area contributed by atoms with Gasteiger partial charge in [0, 0.05) is 5.39 Å². The summed E-state index contributed by atoms with van der Waals surface area (Å²) in [5.74, 6) is 0. The van der Waals surface area contributed by atoms with Crippen LogP contribution in [0.5, 0.6) is 0 Å². The van der Waals surface area contributed by atoms with E-state index in [0.29, 0.717) is 0 Å². The molecule has 0 unspecified atom stereocenters. The molecule has 16 heavy (non-hydrogen) atoms. The fourth-order valence-electron chi connectivity index (χ4n) is 2.80. The molecule has 1 aliphatic carbocycles. The smallest absolute Gasteiger partial charge is 0.0653 e. The fraction of sp³-hybridized carbons (Fsp3) is 0.500. The summed E-state index contributed by atoms with van der Waals surface area (Å²) in [5, 5.41) is 8.58. The van der Waals surface area contributed by atoms with Gasteiger partial charge in [0.1, 0.15) is 0 Å². The van der Waals surface area contributed by atoms with Crippen LogP contribution in [-0.2, 0) is 12.8 Å². The molecule has 0 aliphatic heterocycles. The molecule has 0 amide bonds. The molecule has 1 aliphatic rings. The first-order valence-electron chi connectivity index (χ1n) is 6.39. The van der Waals surface area contributed by atoms with Gasteiger partial charge < -0.3 is 0 Å². The minimum atomic E-state index is 1.19. The lowest BCUT2D eigenvalue weighted by Crippen LogP contribution is -1.94. The number of hydrogen-bond acceptors (Lipinski definition) is 1. The summed E-state index contributed by atoms with van der Waals surface area (Å²) < 4.78 is 0. The van der Waals surface area contributed by atoms with E-state index in [4.69, 9.17) is 0 Å². The van der Waals surface area contributed by atoms with Crippen molar-refractivity contribution in [2.45, 2.75) is 44.9 Å². The summed E-state index contributed by atoms with van der Waals surface area (Å²) in [6.07, 6.45) is 11.3. The van der Waals surface area contributed by atoms with Crippen molar-refractivity contribution in [1.82, 2.24) is 10.2 Å². The van der Waals surface area contributed by atoms with Gasteiger partial charge in [0.15, 0.2) is 0 Å². The number of fused-ring (bicyclic) bond motifs is 3. The van der Waals surface area contributed by atoms with Crippen LogP contribution in [0.1, 0.15) is 43.2 Å². The van der Waals surface area contributed by atoms with Crippen molar-refractivity contribution in [3.63, 3.8) is 0 Å². The molecule has 1 N–H and O–H groups in total. The number of H-pyrrole nitrogens is 1. The number of nitrogens with zero attached hydrogens (tertiary/aromatic N) is 1. The summed E-state index contributed by atoms with van der Waals surface area (Å²) in [5.41, 5.74) is 4.29. The minimum Gasteiger partial charge on any atom is -0.278 e. The zero-order valence-electron chi connectivity index (χ0n) is 9.63. The maximum Gasteiger partial charge on any atom is 0.0653 e. The van der Waals surface area contributed by atoms with Crippen LogP contribution in [0.25, 0.3) is 10.9 Å². The van der Waals surface area contributed by atoms with Crippen LogP contribution >= 0.6 is 0 Å². The normalized spacial score (nSPS) is 17.5. The number of hydrogen-bond donors (Lipinski definition) is 1. The molecule has 2 nitrogen and oxygen atoms in total. The first-order chi connectivity index (χ1) is 7.95. The summed E-state index contributed by atoms with van der Waals surface area (Å²) in [6, 6.07) is 4.47. The SMILES string of the molecule is c1cc2[nH]ncc2c2c1CCCCCCC2. The van der Waals surface area contributed by atoms with Gasteiger partial charge in [-0.15, -0.1) is 0 Å². The first-order valence-corrected chi connectivity index (χ1v) is 6.39. The van der Waals surface area contributed by atoms with E-state index >= 15 is 0 Å². The molecule has 1 aromatic carbocycles. The third-order valence-electron chi connectivity index (χ3n) is 3.71. The molecule has 0 fully saturated rings. The molecular formula is C14H18N2. The van der Waals surface area contributed by atoms with Crippen LogP contribution in [0.2, 0.25) is 0 Å². The molecule has 0 atom stereocenters. The number of aromatic nitrogens is 2. The van der Waals surface area contributed by atoms with E-state index in [1.807, 2.05) is 6.20 Å². The molecule has 2 heteroatoms. The van der Waals surface area contributed by atoms with Crippen LogP contribution in [0.15, 0.2) is 18.3 Å². The lowest BCUT2D eigenvalue weighted by atomic mass is 9.96. The Balaban J connectivity index is 2.08. The van der Waals surface area contributed by atoms with Crippen molar-refractivity contribution in [3.05, 3.63) is 29.5 Å². The maximum atomic E-state index is 4.16. The van der Waals surface area contributed by atoms with E-state index in [9.17, 15) is 0 Å². The Hall–Kier alpha value is -1.31. The van der Waals surface area contributed by atoms with E-state index in [1.54, 1.807) is 11.1 Å². The minimum absolute atomic E-state index is 1.19. The molecule has 0 bridgehead atoms. The van der Waals surface area contributed by atoms with Crippen molar-refractivity contribution in [2.24, 2.45) is 0 Å². The quantitative estimate of drug-likeness (QED) is 0.713. The average molecular weight is 214 g/mol. The molecule has 0 saturated heterocycles. The van der Waals surface area contributed by atoms with Crippen molar-refractivity contribution < 1.29 is 0 Å². The van der Waals surface area contributed by atoms with E-state index in [1.165, 1.54) is 55.8 Å². The van der Waals surface area contributed by atoms with E-state index in [-0.39, 0.29) is 0 Å². The average Bonchev–Trinajstić information content (AvgIpc) is 2.80. The highest BCUT2D eigenvalue weighted by molar-refractivity contribution is 5.82. The van der Waals surface area contributed by atoms with Gasteiger partial charge in [0.05, 0.1) is 11.7 Å². The van der Waals surface area contributed by atoms with Crippen LogP contribution in [0.3, 0.4) is 0 Å². The number of nitrogens with one attached hydrogen (secondary N) is 1. The van der Waals surface area contributed by atoms with Crippen molar-refractivity contribution in [3.8, 4) is 0 Å². The topological polar surface area (TPSA) is 28.7 Å². The summed E-state index contributed by atoms with van der Waals surface area (Å²) in [7, 11) is 0. The van der Waals surface area contributed by atoms with Gasteiger partial charge in [0.25, 0.3) is 0 Å². The Morgan fingerprint density at radius 3 is 2.69 bits per heavy atom. The lowest BCUT2D eigenvalue weighted by Gasteiger charge is -2.08. The second-order valence-corrected chi connectivity index (χ2v) is 4.80. The van der Waals surface area contributed by atoms with Crippen LogP contribution in [0.4, 0.5) is 0 Å². The lowest BCUT2D eigenvalue weighted by molar-refractivity contribution is 0.629. The third-order valence-corrected chi connectivity index (χ3v) is 3.71. The highest BCUT2D eigenvalue weighted by Crippen LogP contribution is 2.26. The van der Waals surface area contributed by atoms with Crippen molar-refractivity contribution in [2.75, 3.05) is 0 Å². The number of aryl methyl sites for hydroxylation is 2. The maximum absolute atomic E-state index is 4.16. The second kappa shape index (κ2) is 4.28. The van der Waals surface area contributed by atoms with Gasteiger partial charge in [-0.25, -0.2) is 0 Å². The highest BCUT2D eigenvalue weighted by Gasteiger charge is 2.10. The Bertz CT molecular complexity index is 484. The first kappa shape index (κ1) is 9.88. The molecule has 1 aromatic heterocycles. The second-order valence-electron chi connectivity index (χ2n) is 4.80. The Morgan fingerprint density at radius 1 is 0.938 bits per heavy atom. The molecule has 0 saturated carbocycles. The molecule has 2 aromatic rings. The number of benzene rings is 1. The number of aromatic amines is 1. The van der Waals surface area contributed by atoms with E-state index in [2.05, 4.69) is 22.3 Å². The molecule has 1 heterocycles. The zero-order chi connectivity index (χ0) is 10.8. The third kappa shape index (κ3) is 1.73. The molecule has 0 spiro atoms.